The second-order valence-electron chi connectivity index (χ2n) is 4.37. The predicted molar refractivity (Wildman–Crippen MR) is 88.3 cm³/mol. The lowest BCUT2D eigenvalue weighted by atomic mass is 10.2. The smallest absolute Gasteiger partial charge is 0.215 e. The van der Waals surface area contributed by atoms with Crippen molar-refractivity contribution in [3.63, 3.8) is 0 Å². The lowest BCUT2D eigenvalue weighted by Crippen LogP contribution is -2.27. The average Bonchev–Trinajstić information content (AvgIpc) is 2.88. The first-order valence-electron chi connectivity index (χ1n) is 6.29. The predicted octanol–water partition coefficient (Wildman–Crippen LogP) is 3.11. The maximum atomic E-state index is 11.5. The number of aromatic nitrogens is 1. The monoisotopic (exact) mass is 342 g/mol. The maximum absolute atomic E-state index is 11.5. The van der Waals surface area contributed by atoms with Crippen molar-refractivity contribution in [2.45, 2.75) is 6.42 Å². The fraction of sp³-hybridized carbons (Fsp3) is 0.214. The summed E-state index contributed by atoms with van der Waals surface area (Å²) in [6, 6.07) is 7.47. The van der Waals surface area contributed by atoms with E-state index in [0.29, 0.717) is 18.0 Å². The Balaban J connectivity index is 1.95. The lowest BCUT2D eigenvalue weighted by Gasteiger charge is -2.02. The molecule has 0 bridgehead atoms. The molecule has 2 rings (SSSR count). The zero-order chi connectivity index (χ0) is 15.3. The highest BCUT2D eigenvalue weighted by Crippen LogP contribution is 2.25. The van der Waals surface area contributed by atoms with Crippen LogP contribution in [0.4, 0.5) is 0 Å². The number of nitrogens with one attached hydrogen (secondary N) is 1. The third-order valence-corrected chi connectivity index (χ3v) is 5.19. The van der Waals surface area contributed by atoms with E-state index < -0.39 is 10.0 Å². The molecule has 1 N–H and O–H groups in total. The van der Waals surface area contributed by atoms with Gasteiger partial charge in [-0.1, -0.05) is 29.8 Å². The second kappa shape index (κ2) is 7.17. The Morgan fingerprint density at radius 3 is 2.71 bits per heavy atom. The Bertz CT molecular complexity index is 709. The van der Waals surface area contributed by atoms with Crippen LogP contribution >= 0.6 is 22.9 Å². The largest absolute Gasteiger partial charge is 0.241 e. The molecule has 0 unspecified atom stereocenters. The van der Waals surface area contributed by atoms with E-state index in [-0.39, 0.29) is 5.75 Å². The molecule has 0 spiro atoms. The Hall–Kier alpha value is -1.21. The van der Waals surface area contributed by atoms with E-state index >= 15 is 0 Å². The first-order valence-corrected chi connectivity index (χ1v) is 9.20. The normalized spacial score (nSPS) is 11.5. The van der Waals surface area contributed by atoms with Crippen molar-refractivity contribution in [3.8, 4) is 10.6 Å². The molecule has 0 fully saturated rings. The van der Waals surface area contributed by atoms with E-state index in [2.05, 4.69) is 16.3 Å². The molecular weight excluding hydrogens is 328 g/mol. The summed E-state index contributed by atoms with van der Waals surface area (Å²) in [4.78, 5) is 4.50. The van der Waals surface area contributed by atoms with Crippen molar-refractivity contribution in [2.24, 2.45) is 0 Å². The number of halogens is 1. The Kier molecular flexibility index (Phi) is 5.52. The molecule has 0 radical (unpaired) electrons. The highest BCUT2D eigenvalue weighted by Gasteiger charge is 2.08. The second-order valence-corrected chi connectivity index (χ2v) is 7.51. The van der Waals surface area contributed by atoms with Crippen molar-refractivity contribution in [1.82, 2.24) is 9.71 Å². The molecule has 1 aromatic heterocycles. The van der Waals surface area contributed by atoms with Gasteiger partial charge in [-0.2, -0.15) is 0 Å². The number of rotatable bonds is 7. The fourth-order valence-electron chi connectivity index (χ4n) is 1.70. The van der Waals surface area contributed by atoms with Gasteiger partial charge in [-0.3, -0.25) is 0 Å². The van der Waals surface area contributed by atoms with Gasteiger partial charge in [0.1, 0.15) is 5.01 Å². The average molecular weight is 343 g/mol. The van der Waals surface area contributed by atoms with Crippen LogP contribution in [0.2, 0.25) is 5.02 Å². The van der Waals surface area contributed by atoms with Crippen LogP contribution in [0.25, 0.3) is 10.6 Å². The standard InChI is InChI=1S/C14H15ClN2O2S2/c1-2-9-21(18,19)16-8-7-13-10-20-14(17-13)11-3-5-12(15)6-4-11/h2-6,10,16H,1,7-9H2. The summed E-state index contributed by atoms with van der Waals surface area (Å²) >= 11 is 7.38. The van der Waals surface area contributed by atoms with Crippen LogP contribution in [0.15, 0.2) is 42.3 Å². The van der Waals surface area contributed by atoms with Gasteiger partial charge in [0.2, 0.25) is 10.0 Å². The molecule has 4 nitrogen and oxygen atoms in total. The van der Waals surface area contributed by atoms with Gasteiger partial charge in [0.25, 0.3) is 0 Å². The van der Waals surface area contributed by atoms with Gasteiger partial charge in [-0.25, -0.2) is 18.1 Å². The third kappa shape index (κ3) is 4.93. The third-order valence-electron chi connectivity index (χ3n) is 2.68. The van der Waals surface area contributed by atoms with Crippen molar-refractivity contribution >= 4 is 33.0 Å². The van der Waals surface area contributed by atoms with Gasteiger partial charge in [0, 0.05) is 28.9 Å². The SMILES string of the molecule is C=CCS(=O)(=O)NCCc1csc(-c2ccc(Cl)cc2)n1. The number of benzene rings is 1. The summed E-state index contributed by atoms with van der Waals surface area (Å²) in [6.45, 7) is 3.75. The fourth-order valence-corrected chi connectivity index (χ4v) is 3.52. The summed E-state index contributed by atoms with van der Waals surface area (Å²) in [5.41, 5.74) is 1.87. The zero-order valence-electron chi connectivity index (χ0n) is 11.3. The van der Waals surface area contributed by atoms with Crippen LogP contribution in [-0.4, -0.2) is 25.7 Å². The summed E-state index contributed by atoms with van der Waals surface area (Å²) in [7, 11) is -3.26. The molecule has 0 saturated heterocycles. The number of nitrogens with zero attached hydrogens (tertiary/aromatic N) is 1. The molecule has 0 amide bonds. The highest BCUT2D eigenvalue weighted by atomic mass is 35.5. The number of hydrogen-bond donors (Lipinski definition) is 1. The molecule has 7 heteroatoms. The van der Waals surface area contributed by atoms with E-state index in [1.54, 1.807) is 0 Å². The molecule has 0 atom stereocenters. The summed E-state index contributed by atoms with van der Waals surface area (Å²) < 4.78 is 25.4. The van der Waals surface area contributed by atoms with Gasteiger partial charge in [0.05, 0.1) is 11.4 Å². The van der Waals surface area contributed by atoms with Gasteiger partial charge >= 0.3 is 0 Å². The maximum Gasteiger partial charge on any atom is 0.215 e. The molecule has 0 aliphatic rings. The Labute approximate surface area is 133 Å². The van der Waals surface area contributed by atoms with Crippen LogP contribution in [0.3, 0.4) is 0 Å². The molecule has 0 saturated carbocycles. The Morgan fingerprint density at radius 1 is 1.33 bits per heavy atom. The summed E-state index contributed by atoms with van der Waals surface area (Å²) in [5, 5.41) is 3.52. The summed E-state index contributed by atoms with van der Waals surface area (Å²) in [5.74, 6) is -0.0694. The minimum Gasteiger partial charge on any atom is -0.241 e. The minimum atomic E-state index is -3.26. The van der Waals surface area contributed by atoms with E-state index in [4.69, 9.17) is 11.6 Å². The number of sulfonamides is 1. The van der Waals surface area contributed by atoms with E-state index in [0.717, 1.165) is 16.3 Å². The van der Waals surface area contributed by atoms with Crippen LogP contribution in [0.5, 0.6) is 0 Å². The quantitative estimate of drug-likeness (QED) is 0.786. The number of hydrogen-bond acceptors (Lipinski definition) is 4. The molecule has 21 heavy (non-hydrogen) atoms. The van der Waals surface area contributed by atoms with Gasteiger partial charge < -0.3 is 0 Å². The van der Waals surface area contributed by atoms with E-state index in [1.165, 1.54) is 17.4 Å². The van der Waals surface area contributed by atoms with Gasteiger partial charge in [-0.05, 0) is 12.1 Å². The Morgan fingerprint density at radius 2 is 2.05 bits per heavy atom. The topological polar surface area (TPSA) is 59.1 Å². The van der Waals surface area contributed by atoms with Crippen LogP contribution in [-0.2, 0) is 16.4 Å². The summed E-state index contributed by atoms with van der Waals surface area (Å²) in [6.07, 6.45) is 1.92. The molecule has 112 valence electrons. The highest BCUT2D eigenvalue weighted by molar-refractivity contribution is 7.89. The molecule has 0 aliphatic carbocycles. The van der Waals surface area contributed by atoms with Crippen LogP contribution in [0, 0.1) is 0 Å². The van der Waals surface area contributed by atoms with E-state index in [1.807, 2.05) is 29.6 Å². The molecule has 1 heterocycles. The molecule has 2 aromatic rings. The number of thiazole rings is 1. The van der Waals surface area contributed by atoms with Crippen molar-refractivity contribution in [3.05, 3.63) is 53.0 Å². The van der Waals surface area contributed by atoms with Crippen molar-refractivity contribution in [1.29, 1.82) is 0 Å². The first kappa shape index (κ1) is 16.2. The lowest BCUT2D eigenvalue weighted by molar-refractivity contribution is 0.584. The molecular formula is C14H15ClN2O2S2. The zero-order valence-corrected chi connectivity index (χ0v) is 13.6. The van der Waals surface area contributed by atoms with Crippen LogP contribution in [0.1, 0.15) is 5.69 Å². The minimum absolute atomic E-state index is 0.0694. The van der Waals surface area contributed by atoms with Crippen molar-refractivity contribution < 1.29 is 8.42 Å². The van der Waals surface area contributed by atoms with Crippen LogP contribution < -0.4 is 4.72 Å². The van der Waals surface area contributed by atoms with Gasteiger partial charge in [-0.15, -0.1) is 17.9 Å². The van der Waals surface area contributed by atoms with Gasteiger partial charge in [0.15, 0.2) is 0 Å². The molecule has 0 aliphatic heterocycles. The first-order chi connectivity index (χ1) is 10.00. The molecule has 1 aromatic carbocycles. The van der Waals surface area contributed by atoms with E-state index in [9.17, 15) is 8.42 Å². The van der Waals surface area contributed by atoms with Crippen molar-refractivity contribution in [2.75, 3.05) is 12.3 Å².